The average Bonchev–Trinajstić information content (AvgIpc) is 2.45. The summed E-state index contributed by atoms with van der Waals surface area (Å²) in [6.07, 6.45) is 4.84. The predicted octanol–water partition coefficient (Wildman–Crippen LogP) is 3.42. The topological polar surface area (TPSA) is 32.3 Å². The summed E-state index contributed by atoms with van der Waals surface area (Å²) < 4.78 is 13.7. The first-order valence-corrected chi connectivity index (χ1v) is 8.63. The van der Waals surface area contributed by atoms with Gasteiger partial charge in [-0.3, -0.25) is 4.79 Å². The van der Waals surface area contributed by atoms with Gasteiger partial charge in [-0.25, -0.2) is 4.39 Å². The van der Waals surface area contributed by atoms with E-state index in [4.69, 9.17) is 0 Å². The summed E-state index contributed by atoms with van der Waals surface area (Å²) in [6, 6.07) is 4.91. The summed E-state index contributed by atoms with van der Waals surface area (Å²) in [5, 5.41) is 2.92. The molecule has 5 heteroatoms. The largest absolute Gasteiger partial charge is 0.352 e. The molecule has 0 spiro atoms. The molecule has 2 rings (SSSR count). The molecule has 0 radical (unpaired) electrons. The van der Waals surface area contributed by atoms with E-state index in [0.29, 0.717) is 21.7 Å². The number of piperidine rings is 1. The average molecular weight is 404 g/mol. The first-order chi connectivity index (χ1) is 10.1. The van der Waals surface area contributed by atoms with Crippen molar-refractivity contribution in [2.75, 3.05) is 19.6 Å². The van der Waals surface area contributed by atoms with Crippen molar-refractivity contribution in [1.29, 1.82) is 0 Å². The number of nitrogens with zero attached hydrogens (tertiary/aromatic N) is 1. The van der Waals surface area contributed by atoms with Crippen LogP contribution in [-0.2, 0) is 0 Å². The highest BCUT2D eigenvalue weighted by Crippen LogP contribution is 2.16. The Hall–Kier alpha value is -0.690. The van der Waals surface area contributed by atoms with Gasteiger partial charge in [0, 0.05) is 22.7 Å². The Balaban J connectivity index is 1.74. The molecule has 0 aliphatic carbocycles. The molecule has 1 aromatic rings. The minimum atomic E-state index is -0.310. The molecular weight excluding hydrogens is 382 g/mol. The number of amides is 1. The smallest absolute Gasteiger partial charge is 0.252 e. The fraction of sp³-hybridized carbons (Fsp3) is 0.562. The minimum Gasteiger partial charge on any atom is -0.352 e. The van der Waals surface area contributed by atoms with Crippen LogP contribution in [-0.4, -0.2) is 36.5 Å². The van der Waals surface area contributed by atoms with Gasteiger partial charge in [0.25, 0.3) is 5.91 Å². The van der Waals surface area contributed by atoms with Crippen molar-refractivity contribution in [3.8, 4) is 0 Å². The summed E-state index contributed by atoms with van der Waals surface area (Å²) in [7, 11) is 0. The molecule has 1 heterocycles. The van der Waals surface area contributed by atoms with E-state index in [2.05, 4.69) is 17.1 Å². The molecule has 116 valence electrons. The predicted molar refractivity (Wildman–Crippen MR) is 91.0 cm³/mol. The normalized spacial score (nSPS) is 19.5. The molecule has 1 fully saturated rings. The van der Waals surface area contributed by atoms with Crippen LogP contribution in [0.15, 0.2) is 18.2 Å². The summed E-state index contributed by atoms with van der Waals surface area (Å²) in [5.74, 6) is -0.430. The van der Waals surface area contributed by atoms with E-state index in [-0.39, 0.29) is 11.7 Å². The van der Waals surface area contributed by atoms with Gasteiger partial charge in [-0.05, 0) is 73.5 Å². The maximum absolute atomic E-state index is 13.0. The van der Waals surface area contributed by atoms with Crippen LogP contribution in [0.3, 0.4) is 0 Å². The Morgan fingerprint density at radius 3 is 3.00 bits per heavy atom. The van der Waals surface area contributed by atoms with Gasteiger partial charge in [0.2, 0.25) is 0 Å². The minimum absolute atomic E-state index is 0.119. The molecule has 1 aromatic carbocycles. The quantitative estimate of drug-likeness (QED) is 0.603. The highest BCUT2D eigenvalue weighted by molar-refractivity contribution is 14.1. The molecule has 1 aliphatic heterocycles. The maximum Gasteiger partial charge on any atom is 0.252 e. The lowest BCUT2D eigenvalue weighted by molar-refractivity contribution is 0.0948. The van der Waals surface area contributed by atoms with Gasteiger partial charge >= 0.3 is 0 Å². The van der Waals surface area contributed by atoms with E-state index in [1.807, 2.05) is 22.6 Å². The van der Waals surface area contributed by atoms with Gasteiger partial charge in [0.15, 0.2) is 0 Å². The molecule has 0 saturated carbocycles. The summed E-state index contributed by atoms with van der Waals surface area (Å²) in [6.45, 7) is 5.14. The fourth-order valence-electron chi connectivity index (χ4n) is 2.74. The van der Waals surface area contributed by atoms with Crippen molar-refractivity contribution < 1.29 is 9.18 Å². The third-order valence-corrected chi connectivity index (χ3v) is 4.92. The van der Waals surface area contributed by atoms with E-state index in [1.54, 1.807) is 6.07 Å². The second-order valence-electron chi connectivity index (χ2n) is 5.61. The SMILES string of the molecule is C[C@H]1CCCCN1CCCNC(=O)c1ccc(F)cc1I. The Labute approximate surface area is 139 Å². The van der Waals surface area contributed by atoms with Gasteiger partial charge in [-0.1, -0.05) is 6.42 Å². The molecule has 0 bridgehead atoms. The van der Waals surface area contributed by atoms with Crippen molar-refractivity contribution in [3.63, 3.8) is 0 Å². The molecule has 1 saturated heterocycles. The van der Waals surface area contributed by atoms with Crippen molar-refractivity contribution in [2.45, 2.75) is 38.6 Å². The number of hydrogen-bond acceptors (Lipinski definition) is 2. The standard InChI is InChI=1S/C16H22FIN2O/c1-12-5-2-3-9-20(12)10-4-8-19-16(21)14-7-6-13(17)11-15(14)18/h6-7,11-12H,2-5,8-10H2,1H3,(H,19,21)/t12-/m0/s1. The molecule has 1 amide bonds. The third-order valence-electron chi connectivity index (χ3n) is 4.02. The monoisotopic (exact) mass is 404 g/mol. The second kappa shape index (κ2) is 8.08. The zero-order valence-electron chi connectivity index (χ0n) is 12.4. The number of rotatable bonds is 5. The zero-order chi connectivity index (χ0) is 15.2. The molecule has 3 nitrogen and oxygen atoms in total. The summed E-state index contributed by atoms with van der Waals surface area (Å²) >= 11 is 1.99. The Bertz CT molecular complexity index is 495. The number of hydrogen-bond donors (Lipinski definition) is 1. The first-order valence-electron chi connectivity index (χ1n) is 7.55. The highest BCUT2D eigenvalue weighted by atomic mass is 127. The van der Waals surface area contributed by atoms with Crippen LogP contribution in [0, 0.1) is 9.39 Å². The fourth-order valence-corrected chi connectivity index (χ4v) is 3.46. The van der Waals surface area contributed by atoms with Crippen LogP contribution in [0.4, 0.5) is 4.39 Å². The number of likely N-dealkylation sites (tertiary alicyclic amines) is 1. The maximum atomic E-state index is 13.0. The van der Waals surface area contributed by atoms with Crippen LogP contribution in [0.1, 0.15) is 43.0 Å². The molecule has 1 aliphatic rings. The van der Waals surface area contributed by atoms with Crippen LogP contribution in [0.25, 0.3) is 0 Å². The van der Waals surface area contributed by atoms with Crippen LogP contribution >= 0.6 is 22.6 Å². The summed E-state index contributed by atoms with van der Waals surface area (Å²) in [4.78, 5) is 14.5. The number of halogens is 2. The number of nitrogens with one attached hydrogen (secondary N) is 1. The molecule has 1 atom stereocenters. The van der Waals surface area contributed by atoms with Gasteiger partial charge < -0.3 is 10.2 Å². The Morgan fingerprint density at radius 1 is 1.48 bits per heavy atom. The van der Waals surface area contributed by atoms with E-state index >= 15 is 0 Å². The lowest BCUT2D eigenvalue weighted by Crippen LogP contribution is -2.39. The van der Waals surface area contributed by atoms with E-state index in [1.165, 1.54) is 37.9 Å². The molecule has 21 heavy (non-hydrogen) atoms. The molecule has 0 aromatic heterocycles. The number of carbonyl (C=O) groups is 1. The van der Waals surface area contributed by atoms with Gasteiger partial charge in [-0.15, -0.1) is 0 Å². The van der Waals surface area contributed by atoms with Gasteiger partial charge in [0.1, 0.15) is 5.82 Å². The van der Waals surface area contributed by atoms with Crippen molar-refractivity contribution >= 4 is 28.5 Å². The summed E-state index contributed by atoms with van der Waals surface area (Å²) in [5.41, 5.74) is 0.545. The lowest BCUT2D eigenvalue weighted by atomic mass is 10.0. The zero-order valence-corrected chi connectivity index (χ0v) is 14.5. The van der Waals surface area contributed by atoms with Crippen LogP contribution in [0.2, 0.25) is 0 Å². The second-order valence-corrected chi connectivity index (χ2v) is 6.78. The lowest BCUT2D eigenvalue weighted by Gasteiger charge is -2.33. The van der Waals surface area contributed by atoms with Crippen molar-refractivity contribution in [3.05, 3.63) is 33.1 Å². The highest BCUT2D eigenvalue weighted by Gasteiger charge is 2.17. The van der Waals surface area contributed by atoms with Gasteiger partial charge in [0.05, 0.1) is 5.56 Å². The first kappa shape index (κ1) is 16.7. The van der Waals surface area contributed by atoms with Gasteiger partial charge in [-0.2, -0.15) is 0 Å². The molecular formula is C16H22FIN2O. The van der Waals surface area contributed by atoms with Crippen molar-refractivity contribution in [1.82, 2.24) is 10.2 Å². The van der Waals surface area contributed by atoms with Crippen LogP contribution < -0.4 is 5.32 Å². The Morgan fingerprint density at radius 2 is 2.29 bits per heavy atom. The third kappa shape index (κ3) is 4.92. The number of benzene rings is 1. The molecule has 0 unspecified atom stereocenters. The van der Waals surface area contributed by atoms with E-state index in [9.17, 15) is 9.18 Å². The van der Waals surface area contributed by atoms with Crippen molar-refractivity contribution in [2.24, 2.45) is 0 Å². The number of carbonyl (C=O) groups excluding carboxylic acids is 1. The van der Waals surface area contributed by atoms with E-state index in [0.717, 1.165) is 13.0 Å². The van der Waals surface area contributed by atoms with Crippen LogP contribution in [0.5, 0.6) is 0 Å². The van der Waals surface area contributed by atoms with E-state index < -0.39 is 0 Å². The Kier molecular flexibility index (Phi) is 6.41. The molecule has 1 N–H and O–H groups in total.